The van der Waals surface area contributed by atoms with Crippen LogP contribution in [0.2, 0.25) is 10.0 Å². The molecule has 0 aliphatic rings. The van der Waals surface area contributed by atoms with Crippen molar-refractivity contribution in [2.24, 2.45) is 0 Å². The number of rotatable bonds is 11. The van der Waals surface area contributed by atoms with E-state index in [1.807, 2.05) is 6.07 Å². The number of amides is 1. The number of hydrogen-bond donors (Lipinski definition) is 1. The van der Waals surface area contributed by atoms with Crippen molar-refractivity contribution in [1.29, 1.82) is 5.26 Å². The number of ether oxygens (including phenoxy) is 3. The van der Waals surface area contributed by atoms with Gasteiger partial charge in [0.2, 0.25) is 0 Å². The first-order chi connectivity index (χ1) is 17.4. The summed E-state index contributed by atoms with van der Waals surface area (Å²) in [4.78, 5) is 24.6. The van der Waals surface area contributed by atoms with E-state index in [-0.39, 0.29) is 36.6 Å². The molecule has 10 heteroatoms. The number of furan rings is 1. The number of nitriles is 1. The lowest BCUT2D eigenvalue weighted by Crippen LogP contribution is -2.23. The summed E-state index contributed by atoms with van der Waals surface area (Å²) in [5, 5.41) is 12.9. The molecule has 0 radical (unpaired) electrons. The SMILES string of the molecule is COc1cc(/C=C(\C#N)C(=O)NCc2ccco2)ccc1OC(=O)CCCOc1ccc(Cl)cc1Cl. The fourth-order valence-electron chi connectivity index (χ4n) is 3.01. The van der Waals surface area contributed by atoms with Crippen LogP contribution in [0.4, 0.5) is 0 Å². The molecule has 0 saturated carbocycles. The van der Waals surface area contributed by atoms with Crippen molar-refractivity contribution >= 4 is 41.2 Å². The highest BCUT2D eigenvalue weighted by molar-refractivity contribution is 6.35. The largest absolute Gasteiger partial charge is 0.493 e. The molecule has 186 valence electrons. The Balaban J connectivity index is 1.54. The third-order valence-corrected chi connectivity index (χ3v) is 5.30. The van der Waals surface area contributed by atoms with E-state index in [0.29, 0.717) is 33.5 Å². The Morgan fingerprint density at radius 1 is 1.11 bits per heavy atom. The van der Waals surface area contributed by atoms with Crippen LogP contribution in [-0.2, 0) is 16.1 Å². The Bertz CT molecular complexity index is 1280. The average molecular weight is 529 g/mol. The molecule has 0 atom stereocenters. The van der Waals surface area contributed by atoms with Crippen LogP contribution in [0.1, 0.15) is 24.2 Å². The molecule has 1 N–H and O–H groups in total. The highest BCUT2D eigenvalue weighted by atomic mass is 35.5. The van der Waals surface area contributed by atoms with Crippen molar-refractivity contribution in [3.8, 4) is 23.3 Å². The summed E-state index contributed by atoms with van der Waals surface area (Å²) < 4.78 is 21.4. The van der Waals surface area contributed by atoms with Crippen LogP contribution in [0.3, 0.4) is 0 Å². The van der Waals surface area contributed by atoms with E-state index in [0.717, 1.165) is 0 Å². The molecule has 0 bridgehead atoms. The number of esters is 1. The highest BCUT2D eigenvalue weighted by Gasteiger charge is 2.13. The fourth-order valence-corrected chi connectivity index (χ4v) is 3.48. The van der Waals surface area contributed by atoms with Crippen LogP contribution in [-0.4, -0.2) is 25.6 Å². The maximum Gasteiger partial charge on any atom is 0.311 e. The van der Waals surface area contributed by atoms with E-state index < -0.39 is 11.9 Å². The van der Waals surface area contributed by atoms with E-state index in [9.17, 15) is 14.9 Å². The lowest BCUT2D eigenvalue weighted by atomic mass is 10.1. The van der Waals surface area contributed by atoms with Crippen LogP contribution >= 0.6 is 23.2 Å². The monoisotopic (exact) mass is 528 g/mol. The lowest BCUT2D eigenvalue weighted by Gasteiger charge is -2.11. The van der Waals surface area contributed by atoms with Gasteiger partial charge in [0.25, 0.3) is 5.91 Å². The van der Waals surface area contributed by atoms with Gasteiger partial charge in [0, 0.05) is 11.4 Å². The molecule has 1 heterocycles. The number of carbonyl (C=O) groups is 2. The van der Waals surface area contributed by atoms with Crippen molar-refractivity contribution in [2.45, 2.75) is 19.4 Å². The maximum absolute atomic E-state index is 12.3. The number of carbonyl (C=O) groups excluding carboxylic acids is 2. The predicted octanol–water partition coefficient (Wildman–Crippen LogP) is 5.58. The summed E-state index contributed by atoms with van der Waals surface area (Å²) in [5.41, 5.74) is 0.415. The van der Waals surface area contributed by atoms with E-state index >= 15 is 0 Å². The van der Waals surface area contributed by atoms with Crippen LogP contribution in [0.25, 0.3) is 6.08 Å². The van der Waals surface area contributed by atoms with Gasteiger partial charge in [-0.25, -0.2) is 0 Å². The zero-order valence-corrected chi connectivity index (χ0v) is 20.8. The van der Waals surface area contributed by atoms with Gasteiger partial charge in [0.05, 0.1) is 31.5 Å². The van der Waals surface area contributed by atoms with Gasteiger partial charge in [0.1, 0.15) is 23.2 Å². The molecule has 0 aliphatic carbocycles. The Kier molecular flexibility index (Phi) is 9.81. The first kappa shape index (κ1) is 26.7. The smallest absolute Gasteiger partial charge is 0.311 e. The number of nitrogens with zero attached hydrogens (tertiary/aromatic N) is 1. The number of halogens is 2. The van der Waals surface area contributed by atoms with Gasteiger partial charge in [-0.3, -0.25) is 9.59 Å². The Morgan fingerprint density at radius 2 is 1.92 bits per heavy atom. The molecular weight excluding hydrogens is 507 g/mol. The van der Waals surface area contributed by atoms with Crippen molar-refractivity contribution in [3.05, 3.63) is 81.7 Å². The van der Waals surface area contributed by atoms with Gasteiger partial charge in [0.15, 0.2) is 11.5 Å². The summed E-state index contributed by atoms with van der Waals surface area (Å²) in [6.45, 7) is 0.414. The summed E-state index contributed by atoms with van der Waals surface area (Å²) in [5.74, 6) is 0.500. The molecule has 2 aromatic carbocycles. The zero-order valence-electron chi connectivity index (χ0n) is 19.3. The van der Waals surface area contributed by atoms with E-state index in [1.54, 1.807) is 42.5 Å². The van der Waals surface area contributed by atoms with Crippen molar-refractivity contribution in [3.63, 3.8) is 0 Å². The number of nitrogens with one attached hydrogen (secondary N) is 1. The van der Waals surface area contributed by atoms with Crippen LogP contribution in [0, 0.1) is 11.3 Å². The molecule has 1 amide bonds. The fraction of sp³-hybridized carbons (Fsp3) is 0.192. The second-order valence-electron chi connectivity index (χ2n) is 7.34. The second-order valence-corrected chi connectivity index (χ2v) is 8.19. The number of methoxy groups -OCH3 is 1. The Hall–Kier alpha value is -3.93. The maximum atomic E-state index is 12.3. The third-order valence-electron chi connectivity index (χ3n) is 4.77. The Labute approximate surface area is 218 Å². The second kappa shape index (κ2) is 13.2. The number of hydrogen-bond acceptors (Lipinski definition) is 7. The van der Waals surface area contributed by atoms with Gasteiger partial charge >= 0.3 is 5.97 Å². The highest BCUT2D eigenvalue weighted by Crippen LogP contribution is 2.30. The van der Waals surface area contributed by atoms with E-state index in [4.69, 9.17) is 41.8 Å². The van der Waals surface area contributed by atoms with Crippen LogP contribution in [0.15, 0.2) is 64.8 Å². The predicted molar refractivity (Wildman–Crippen MR) is 134 cm³/mol. The average Bonchev–Trinajstić information content (AvgIpc) is 3.39. The standard InChI is InChI=1S/C26H22Cl2N2O6/c1-33-24-13-17(12-18(15-29)26(32)30-16-20-4-2-10-34-20)6-8-23(24)36-25(31)5-3-11-35-22-9-7-19(27)14-21(22)28/h2,4,6-10,12-14H,3,5,11,16H2,1H3,(H,30,32)/b18-12+. The van der Waals surface area contributed by atoms with Gasteiger partial charge in [-0.15, -0.1) is 0 Å². The van der Waals surface area contributed by atoms with Crippen molar-refractivity contribution in [2.75, 3.05) is 13.7 Å². The minimum absolute atomic E-state index is 0.102. The zero-order chi connectivity index (χ0) is 25.9. The molecule has 3 aromatic rings. The quantitative estimate of drug-likeness (QED) is 0.113. The minimum Gasteiger partial charge on any atom is -0.493 e. The summed E-state index contributed by atoms with van der Waals surface area (Å²) in [6, 6.07) is 14.9. The first-order valence-corrected chi connectivity index (χ1v) is 11.5. The molecule has 0 unspecified atom stereocenters. The normalized spacial score (nSPS) is 10.9. The summed E-state index contributed by atoms with van der Waals surface area (Å²) in [7, 11) is 1.42. The van der Waals surface area contributed by atoms with E-state index in [2.05, 4.69) is 5.32 Å². The van der Waals surface area contributed by atoms with E-state index in [1.165, 1.54) is 25.5 Å². The van der Waals surface area contributed by atoms with Gasteiger partial charge in [-0.05, 0) is 60.5 Å². The lowest BCUT2D eigenvalue weighted by molar-refractivity contribution is -0.134. The first-order valence-electron chi connectivity index (χ1n) is 10.8. The molecule has 0 saturated heterocycles. The summed E-state index contributed by atoms with van der Waals surface area (Å²) >= 11 is 11.9. The summed E-state index contributed by atoms with van der Waals surface area (Å²) in [6.07, 6.45) is 3.41. The third kappa shape index (κ3) is 7.80. The molecule has 1 aromatic heterocycles. The molecule has 8 nitrogen and oxygen atoms in total. The molecule has 3 rings (SSSR count). The van der Waals surface area contributed by atoms with Gasteiger partial charge < -0.3 is 23.9 Å². The van der Waals surface area contributed by atoms with Crippen LogP contribution < -0.4 is 19.5 Å². The minimum atomic E-state index is -0.550. The molecular formula is C26H22Cl2N2O6. The topological polar surface area (TPSA) is 111 Å². The molecule has 0 aliphatic heterocycles. The van der Waals surface area contributed by atoms with Crippen LogP contribution in [0.5, 0.6) is 17.2 Å². The number of benzene rings is 2. The van der Waals surface area contributed by atoms with Gasteiger partial charge in [-0.1, -0.05) is 29.3 Å². The molecule has 0 fully saturated rings. The molecule has 36 heavy (non-hydrogen) atoms. The van der Waals surface area contributed by atoms with Crippen molar-refractivity contribution in [1.82, 2.24) is 5.32 Å². The Morgan fingerprint density at radius 3 is 2.61 bits per heavy atom. The van der Waals surface area contributed by atoms with Crippen molar-refractivity contribution < 1.29 is 28.2 Å². The molecule has 0 spiro atoms. The van der Waals surface area contributed by atoms with Gasteiger partial charge in [-0.2, -0.15) is 5.26 Å².